The van der Waals surface area contributed by atoms with Crippen molar-refractivity contribution in [2.75, 3.05) is 23.4 Å². The summed E-state index contributed by atoms with van der Waals surface area (Å²) in [6.07, 6.45) is 3.42. The largest absolute Gasteiger partial charge is 0.381 e. The van der Waals surface area contributed by atoms with E-state index >= 15 is 0 Å². The fourth-order valence-electron chi connectivity index (χ4n) is 3.32. The van der Waals surface area contributed by atoms with Crippen LogP contribution in [0, 0.1) is 5.92 Å². The lowest BCUT2D eigenvalue weighted by atomic mass is 9.98. The predicted octanol–water partition coefficient (Wildman–Crippen LogP) is 2.44. The zero-order valence-corrected chi connectivity index (χ0v) is 13.2. The molecule has 6 nitrogen and oxygen atoms in total. The van der Waals surface area contributed by atoms with E-state index in [0.29, 0.717) is 19.8 Å². The third-order valence-electron chi connectivity index (χ3n) is 4.63. The number of fused-ring (bicyclic) bond motifs is 2. The van der Waals surface area contributed by atoms with Crippen LogP contribution in [0.2, 0.25) is 0 Å². The van der Waals surface area contributed by atoms with Crippen LogP contribution in [0.4, 0.5) is 17.2 Å². The summed E-state index contributed by atoms with van der Waals surface area (Å²) in [5, 5.41) is 7.74. The molecule has 2 aliphatic rings. The van der Waals surface area contributed by atoms with Crippen LogP contribution >= 0.6 is 0 Å². The molecule has 3 heterocycles. The summed E-state index contributed by atoms with van der Waals surface area (Å²) in [6, 6.07) is 7.95. The Labute approximate surface area is 135 Å². The van der Waals surface area contributed by atoms with E-state index in [1.54, 1.807) is 0 Å². The van der Waals surface area contributed by atoms with Crippen molar-refractivity contribution in [3.05, 3.63) is 36.0 Å². The van der Waals surface area contributed by atoms with E-state index in [2.05, 4.69) is 10.4 Å². The maximum absolute atomic E-state index is 13.1. The van der Waals surface area contributed by atoms with Gasteiger partial charge in [0.05, 0.1) is 24.1 Å². The molecular formula is C17H20N4O2. The average Bonchev–Trinajstić information content (AvgIpc) is 2.84. The van der Waals surface area contributed by atoms with Crippen molar-refractivity contribution in [3.63, 3.8) is 0 Å². The number of hydrogen-bond acceptors (Lipinski definition) is 4. The van der Waals surface area contributed by atoms with Crippen LogP contribution in [0.3, 0.4) is 0 Å². The van der Waals surface area contributed by atoms with Gasteiger partial charge in [-0.2, -0.15) is 5.10 Å². The summed E-state index contributed by atoms with van der Waals surface area (Å²) in [5.74, 6) is 1.16. The highest BCUT2D eigenvalue weighted by atomic mass is 16.5. The summed E-state index contributed by atoms with van der Waals surface area (Å²) in [4.78, 5) is 15.0. The molecule has 6 heteroatoms. The smallest absolute Gasteiger partial charge is 0.230 e. The number of amides is 1. The third kappa shape index (κ3) is 2.49. The Kier molecular flexibility index (Phi) is 3.53. The number of rotatable bonds is 1. The second-order valence-electron chi connectivity index (χ2n) is 6.10. The van der Waals surface area contributed by atoms with E-state index in [-0.39, 0.29) is 11.8 Å². The minimum absolute atomic E-state index is 0.0371. The van der Waals surface area contributed by atoms with Crippen LogP contribution in [0.15, 0.2) is 30.5 Å². The fourth-order valence-corrected chi connectivity index (χ4v) is 3.32. The fraction of sp³-hybridized carbons (Fsp3) is 0.412. The van der Waals surface area contributed by atoms with E-state index in [0.717, 1.165) is 35.6 Å². The summed E-state index contributed by atoms with van der Waals surface area (Å²) in [7, 11) is 1.91. The predicted molar refractivity (Wildman–Crippen MR) is 87.7 cm³/mol. The molecule has 1 saturated heterocycles. The lowest BCUT2D eigenvalue weighted by molar-refractivity contribution is -0.125. The zero-order chi connectivity index (χ0) is 15.8. The standard InChI is InChI=1S/C17H20N4O2/c1-20-16-13(10-18-20)11-21(15-5-3-2-4-14(15)19-16)17(22)12-6-8-23-9-7-12/h2-5,10,12,19H,6-9,11H2,1H3. The molecule has 1 amide bonds. The Morgan fingerprint density at radius 2 is 2.09 bits per heavy atom. The minimum Gasteiger partial charge on any atom is -0.381 e. The molecule has 0 radical (unpaired) electrons. The number of nitrogens with one attached hydrogen (secondary N) is 1. The Morgan fingerprint density at radius 1 is 1.30 bits per heavy atom. The van der Waals surface area contributed by atoms with Gasteiger partial charge in [0.2, 0.25) is 5.91 Å². The molecule has 1 N–H and O–H groups in total. The molecule has 2 aliphatic heterocycles. The van der Waals surface area contributed by atoms with E-state index in [1.807, 2.05) is 47.1 Å². The van der Waals surface area contributed by atoms with Crippen LogP contribution in [-0.2, 0) is 23.1 Å². The van der Waals surface area contributed by atoms with E-state index < -0.39 is 0 Å². The van der Waals surface area contributed by atoms with Crippen molar-refractivity contribution in [1.82, 2.24) is 9.78 Å². The molecule has 0 atom stereocenters. The molecule has 0 bridgehead atoms. The monoisotopic (exact) mass is 312 g/mol. The van der Waals surface area contributed by atoms with Gasteiger partial charge in [0, 0.05) is 31.7 Å². The number of carbonyl (C=O) groups is 1. The van der Waals surface area contributed by atoms with Crippen LogP contribution < -0.4 is 10.2 Å². The Bertz CT molecular complexity index is 734. The number of hydrogen-bond donors (Lipinski definition) is 1. The molecule has 1 aromatic carbocycles. The SMILES string of the molecule is Cn1ncc2c1Nc1ccccc1N(C(=O)C1CCOCC1)C2. The number of ether oxygens (including phenoxy) is 1. The summed E-state index contributed by atoms with van der Waals surface area (Å²) in [6.45, 7) is 1.88. The van der Waals surface area contributed by atoms with Gasteiger partial charge in [-0.3, -0.25) is 9.48 Å². The topological polar surface area (TPSA) is 59.4 Å². The number of benzene rings is 1. The molecule has 0 aliphatic carbocycles. The van der Waals surface area contributed by atoms with Crippen molar-refractivity contribution >= 4 is 23.1 Å². The molecule has 0 unspecified atom stereocenters. The van der Waals surface area contributed by atoms with E-state index in [1.165, 1.54) is 0 Å². The molecule has 4 rings (SSSR count). The van der Waals surface area contributed by atoms with Gasteiger partial charge < -0.3 is 15.0 Å². The number of aromatic nitrogens is 2. The molecule has 23 heavy (non-hydrogen) atoms. The van der Waals surface area contributed by atoms with Gasteiger partial charge in [-0.1, -0.05) is 12.1 Å². The van der Waals surface area contributed by atoms with Crippen LogP contribution in [0.1, 0.15) is 18.4 Å². The maximum Gasteiger partial charge on any atom is 0.230 e. The Morgan fingerprint density at radius 3 is 2.91 bits per heavy atom. The summed E-state index contributed by atoms with van der Waals surface area (Å²) in [5.41, 5.74) is 2.90. The summed E-state index contributed by atoms with van der Waals surface area (Å²) >= 11 is 0. The van der Waals surface area contributed by atoms with Gasteiger partial charge in [0.1, 0.15) is 5.82 Å². The highest BCUT2D eigenvalue weighted by Gasteiger charge is 2.31. The van der Waals surface area contributed by atoms with Crippen molar-refractivity contribution in [2.45, 2.75) is 19.4 Å². The third-order valence-corrected chi connectivity index (χ3v) is 4.63. The quantitative estimate of drug-likeness (QED) is 0.878. The van der Waals surface area contributed by atoms with Crippen molar-refractivity contribution in [2.24, 2.45) is 13.0 Å². The Hall–Kier alpha value is -2.34. The normalized spacial score (nSPS) is 17.9. The molecule has 1 fully saturated rings. The first-order valence-corrected chi connectivity index (χ1v) is 8.00. The highest BCUT2D eigenvalue weighted by molar-refractivity contribution is 5.99. The second kappa shape index (κ2) is 5.70. The minimum atomic E-state index is 0.0371. The lowest BCUT2D eigenvalue weighted by Gasteiger charge is -2.29. The lowest BCUT2D eigenvalue weighted by Crippen LogP contribution is -2.38. The number of aryl methyl sites for hydroxylation is 1. The highest BCUT2D eigenvalue weighted by Crippen LogP contribution is 2.36. The first kappa shape index (κ1) is 14.3. The van der Waals surface area contributed by atoms with Crippen molar-refractivity contribution in [3.8, 4) is 0 Å². The van der Waals surface area contributed by atoms with Crippen molar-refractivity contribution < 1.29 is 9.53 Å². The second-order valence-corrected chi connectivity index (χ2v) is 6.10. The number of anilines is 3. The number of para-hydroxylation sites is 2. The van der Waals surface area contributed by atoms with Crippen LogP contribution in [0.5, 0.6) is 0 Å². The summed E-state index contributed by atoms with van der Waals surface area (Å²) < 4.78 is 7.21. The Balaban J connectivity index is 1.74. The van der Waals surface area contributed by atoms with Crippen LogP contribution in [-0.4, -0.2) is 28.9 Å². The van der Waals surface area contributed by atoms with Crippen LogP contribution in [0.25, 0.3) is 0 Å². The van der Waals surface area contributed by atoms with Gasteiger partial charge in [0.25, 0.3) is 0 Å². The molecule has 120 valence electrons. The first-order chi connectivity index (χ1) is 11.2. The maximum atomic E-state index is 13.1. The number of carbonyl (C=O) groups excluding carboxylic acids is 1. The van der Waals surface area contributed by atoms with Gasteiger partial charge in [-0.15, -0.1) is 0 Å². The molecular weight excluding hydrogens is 292 g/mol. The zero-order valence-electron chi connectivity index (χ0n) is 13.2. The van der Waals surface area contributed by atoms with Gasteiger partial charge in [0.15, 0.2) is 0 Å². The molecule has 0 saturated carbocycles. The molecule has 2 aromatic rings. The first-order valence-electron chi connectivity index (χ1n) is 8.00. The average molecular weight is 312 g/mol. The molecule has 0 spiro atoms. The van der Waals surface area contributed by atoms with Gasteiger partial charge in [-0.05, 0) is 25.0 Å². The van der Waals surface area contributed by atoms with Gasteiger partial charge >= 0.3 is 0 Å². The number of nitrogens with zero attached hydrogens (tertiary/aromatic N) is 3. The van der Waals surface area contributed by atoms with Crippen molar-refractivity contribution in [1.29, 1.82) is 0 Å². The molecule has 1 aromatic heterocycles. The van der Waals surface area contributed by atoms with E-state index in [9.17, 15) is 4.79 Å². The van der Waals surface area contributed by atoms with Gasteiger partial charge in [-0.25, -0.2) is 0 Å². The van der Waals surface area contributed by atoms with E-state index in [4.69, 9.17) is 4.74 Å².